The van der Waals surface area contributed by atoms with Crippen LogP contribution in [-0.4, -0.2) is 55.7 Å². The number of ether oxygens (including phenoxy) is 1. The predicted octanol–water partition coefficient (Wildman–Crippen LogP) is 1.51. The molecule has 0 spiro atoms. The van der Waals surface area contributed by atoms with Crippen molar-refractivity contribution in [3.05, 3.63) is 23.9 Å². The van der Waals surface area contributed by atoms with E-state index in [2.05, 4.69) is 12.1 Å². The Labute approximate surface area is 121 Å². The Morgan fingerprint density at radius 2 is 1.85 bits per heavy atom. The molecule has 1 aliphatic carbocycles. The summed E-state index contributed by atoms with van der Waals surface area (Å²) in [6.07, 6.45) is 6.16. The molecule has 0 aromatic rings. The van der Waals surface area contributed by atoms with Gasteiger partial charge in [-0.3, -0.25) is 4.90 Å². The van der Waals surface area contributed by atoms with Crippen LogP contribution in [0, 0.1) is 22.7 Å². The molecule has 0 aromatic carbocycles. The Morgan fingerprint density at radius 3 is 2.25 bits per heavy atom. The summed E-state index contributed by atoms with van der Waals surface area (Å²) >= 11 is 0. The minimum atomic E-state index is -1.33. The van der Waals surface area contributed by atoms with Crippen molar-refractivity contribution in [2.75, 3.05) is 34.8 Å². The number of hydrogen-bond donors (Lipinski definition) is 0. The van der Waals surface area contributed by atoms with Gasteiger partial charge >= 0.3 is 0 Å². The van der Waals surface area contributed by atoms with Gasteiger partial charge in [0.25, 0.3) is 0 Å². The third-order valence-corrected chi connectivity index (χ3v) is 3.53. The van der Waals surface area contributed by atoms with Crippen LogP contribution < -0.4 is 0 Å². The lowest BCUT2D eigenvalue weighted by Crippen LogP contribution is -2.64. The molecule has 1 rings (SSSR count). The molecular weight excluding hydrogens is 252 g/mol. The van der Waals surface area contributed by atoms with Crippen molar-refractivity contribution >= 4 is 0 Å². The molecule has 5 heteroatoms. The second kappa shape index (κ2) is 6.09. The van der Waals surface area contributed by atoms with Crippen LogP contribution in [0.5, 0.6) is 0 Å². The van der Waals surface area contributed by atoms with Crippen LogP contribution >= 0.6 is 0 Å². The van der Waals surface area contributed by atoms with Gasteiger partial charge in [0.05, 0.1) is 11.8 Å². The lowest BCUT2D eigenvalue weighted by atomic mass is 9.74. The molecule has 1 aliphatic rings. The Kier molecular flexibility index (Phi) is 4.94. The first-order valence-corrected chi connectivity index (χ1v) is 6.63. The van der Waals surface area contributed by atoms with Gasteiger partial charge in [-0.15, -0.1) is 0 Å². The predicted molar refractivity (Wildman–Crippen MR) is 77.5 cm³/mol. The molecule has 0 heterocycles. The highest BCUT2D eigenvalue weighted by Gasteiger charge is 2.58. The topological polar surface area (TPSA) is 63.3 Å². The molecule has 0 aromatic heterocycles. The van der Waals surface area contributed by atoms with Crippen molar-refractivity contribution in [3.63, 3.8) is 0 Å². The summed E-state index contributed by atoms with van der Waals surface area (Å²) < 4.78 is 5.92. The van der Waals surface area contributed by atoms with Crippen LogP contribution in [0.25, 0.3) is 0 Å². The van der Waals surface area contributed by atoms with Crippen molar-refractivity contribution in [2.45, 2.75) is 24.5 Å². The Hall–Kier alpha value is -1.82. The number of nitriles is 2. The standard InChI is InChI=1S/C15H22N4O/c1-6-10-20-15(12-17)13(18(2)3)8-7-9-14(15,11-16)19(4)5/h7-9H,6,10H2,1-5H3. The molecule has 0 fully saturated rings. The van der Waals surface area contributed by atoms with Gasteiger partial charge in [-0.1, -0.05) is 13.0 Å². The molecule has 0 bridgehead atoms. The van der Waals surface area contributed by atoms with Crippen molar-refractivity contribution in [3.8, 4) is 12.1 Å². The maximum atomic E-state index is 9.85. The van der Waals surface area contributed by atoms with Gasteiger partial charge in [0.2, 0.25) is 5.60 Å². The van der Waals surface area contributed by atoms with E-state index in [1.807, 2.05) is 38.1 Å². The van der Waals surface area contributed by atoms with E-state index in [1.54, 1.807) is 25.1 Å². The number of allylic oxidation sites excluding steroid dienone is 2. The SMILES string of the molecule is CCCOC1(C#N)C(N(C)C)=CC=CC1(C#N)N(C)C. The molecule has 108 valence electrons. The minimum absolute atomic E-state index is 0.420. The van der Waals surface area contributed by atoms with E-state index in [-0.39, 0.29) is 0 Å². The van der Waals surface area contributed by atoms with E-state index in [9.17, 15) is 10.5 Å². The zero-order valence-corrected chi connectivity index (χ0v) is 12.8. The molecule has 2 atom stereocenters. The largest absolute Gasteiger partial charge is 0.378 e. The van der Waals surface area contributed by atoms with Gasteiger partial charge in [-0.2, -0.15) is 10.5 Å². The average Bonchev–Trinajstić information content (AvgIpc) is 2.43. The van der Waals surface area contributed by atoms with Crippen molar-refractivity contribution in [1.29, 1.82) is 10.5 Å². The van der Waals surface area contributed by atoms with Crippen LogP contribution in [0.4, 0.5) is 0 Å². The second-order valence-electron chi connectivity index (χ2n) is 5.22. The molecule has 0 aliphatic heterocycles. The molecule has 0 N–H and O–H groups in total. The van der Waals surface area contributed by atoms with Gasteiger partial charge in [0.1, 0.15) is 6.07 Å². The zero-order valence-electron chi connectivity index (χ0n) is 12.8. The van der Waals surface area contributed by atoms with Gasteiger partial charge in [-0.05, 0) is 32.7 Å². The first-order valence-electron chi connectivity index (χ1n) is 6.63. The van der Waals surface area contributed by atoms with Crippen LogP contribution in [-0.2, 0) is 4.74 Å². The Morgan fingerprint density at radius 1 is 1.20 bits per heavy atom. The fourth-order valence-electron chi connectivity index (χ4n) is 2.47. The van der Waals surface area contributed by atoms with Crippen LogP contribution in [0.15, 0.2) is 23.9 Å². The maximum absolute atomic E-state index is 9.85. The fourth-order valence-corrected chi connectivity index (χ4v) is 2.47. The van der Waals surface area contributed by atoms with Crippen LogP contribution in [0.1, 0.15) is 13.3 Å². The average molecular weight is 274 g/mol. The van der Waals surface area contributed by atoms with Crippen LogP contribution in [0.2, 0.25) is 0 Å². The highest BCUT2D eigenvalue weighted by molar-refractivity contribution is 5.49. The summed E-state index contributed by atoms with van der Waals surface area (Å²) in [5, 5.41) is 19.6. The Balaban J connectivity index is 3.53. The number of likely N-dealkylation sites (N-methyl/N-ethyl adjacent to an activating group) is 2. The molecule has 5 nitrogen and oxygen atoms in total. The Bertz CT molecular complexity index is 495. The summed E-state index contributed by atoms with van der Waals surface area (Å²) in [5.74, 6) is 0. The van der Waals surface area contributed by atoms with E-state index < -0.39 is 11.1 Å². The van der Waals surface area contributed by atoms with Gasteiger partial charge in [0, 0.05) is 20.7 Å². The lowest BCUT2D eigenvalue weighted by Gasteiger charge is -2.47. The molecule has 20 heavy (non-hydrogen) atoms. The lowest BCUT2D eigenvalue weighted by molar-refractivity contribution is -0.0542. The molecule has 2 unspecified atom stereocenters. The summed E-state index contributed by atoms with van der Waals surface area (Å²) in [4.78, 5) is 3.57. The smallest absolute Gasteiger partial charge is 0.229 e. The minimum Gasteiger partial charge on any atom is -0.378 e. The van der Waals surface area contributed by atoms with Crippen molar-refractivity contribution in [1.82, 2.24) is 9.80 Å². The summed E-state index contributed by atoms with van der Waals surface area (Å²) in [6.45, 7) is 2.40. The quantitative estimate of drug-likeness (QED) is 0.760. The van der Waals surface area contributed by atoms with Crippen molar-refractivity contribution in [2.24, 2.45) is 0 Å². The summed E-state index contributed by atoms with van der Waals surface area (Å²) in [5.41, 5.74) is -1.80. The van der Waals surface area contributed by atoms with E-state index in [4.69, 9.17) is 4.74 Å². The van der Waals surface area contributed by atoms with Crippen LogP contribution in [0.3, 0.4) is 0 Å². The molecule has 0 saturated carbocycles. The third-order valence-electron chi connectivity index (χ3n) is 3.53. The summed E-state index contributed by atoms with van der Waals surface area (Å²) in [6, 6.07) is 4.54. The first-order chi connectivity index (χ1) is 9.41. The molecular formula is C15H22N4O. The number of rotatable bonds is 5. The van der Waals surface area contributed by atoms with E-state index in [0.717, 1.165) is 6.42 Å². The fraction of sp³-hybridized carbons (Fsp3) is 0.600. The molecule has 0 amide bonds. The normalized spacial score (nSPS) is 28.7. The highest BCUT2D eigenvalue weighted by Crippen LogP contribution is 2.41. The summed E-state index contributed by atoms with van der Waals surface area (Å²) in [7, 11) is 7.27. The monoisotopic (exact) mass is 274 g/mol. The maximum Gasteiger partial charge on any atom is 0.229 e. The van der Waals surface area contributed by atoms with Gasteiger partial charge in [0.15, 0.2) is 5.54 Å². The second-order valence-corrected chi connectivity index (χ2v) is 5.22. The zero-order chi connectivity index (χ0) is 15.4. The van der Waals surface area contributed by atoms with Gasteiger partial charge in [-0.25, -0.2) is 0 Å². The highest BCUT2D eigenvalue weighted by atomic mass is 16.5. The number of hydrogen-bond acceptors (Lipinski definition) is 5. The molecule has 0 radical (unpaired) electrons. The van der Waals surface area contributed by atoms with Crippen molar-refractivity contribution < 1.29 is 4.74 Å². The first kappa shape index (κ1) is 16.2. The third kappa shape index (κ3) is 2.20. The molecule has 0 saturated heterocycles. The van der Waals surface area contributed by atoms with E-state index >= 15 is 0 Å². The number of nitrogens with zero attached hydrogens (tertiary/aromatic N) is 4. The van der Waals surface area contributed by atoms with E-state index in [1.165, 1.54) is 0 Å². The van der Waals surface area contributed by atoms with Gasteiger partial charge < -0.3 is 9.64 Å². The van der Waals surface area contributed by atoms with E-state index in [0.29, 0.717) is 12.3 Å².